The van der Waals surface area contributed by atoms with Gasteiger partial charge in [-0.2, -0.15) is 5.10 Å². The van der Waals surface area contributed by atoms with Crippen molar-refractivity contribution in [3.63, 3.8) is 0 Å². The topological polar surface area (TPSA) is 148 Å². The van der Waals surface area contributed by atoms with Crippen LogP contribution in [-0.2, 0) is 6.54 Å². The van der Waals surface area contributed by atoms with Gasteiger partial charge in [-0.3, -0.25) is 4.68 Å². The Labute approximate surface area is 168 Å². The molecule has 2 heterocycles. The number of anilines is 2. The summed E-state index contributed by atoms with van der Waals surface area (Å²) in [5.41, 5.74) is 17.7. The number of ether oxygens (including phenoxy) is 1. The van der Waals surface area contributed by atoms with Gasteiger partial charge in [-0.05, 0) is 24.3 Å². The predicted molar refractivity (Wildman–Crippen MR) is 105 cm³/mol. The fourth-order valence-corrected chi connectivity index (χ4v) is 3.02. The first-order chi connectivity index (χ1) is 14.3. The van der Waals surface area contributed by atoms with Gasteiger partial charge >= 0.3 is 6.09 Å². The molecule has 1 amide bonds. The zero-order valence-corrected chi connectivity index (χ0v) is 15.3. The van der Waals surface area contributed by atoms with Crippen LogP contribution in [0.2, 0.25) is 0 Å². The van der Waals surface area contributed by atoms with Crippen LogP contribution >= 0.6 is 0 Å². The molecular weight excluding hydrogens is 396 g/mol. The van der Waals surface area contributed by atoms with Gasteiger partial charge in [0.2, 0.25) is 5.75 Å². The van der Waals surface area contributed by atoms with Gasteiger partial charge in [0.15, 0.2) is 17.5 Å². The number of nitrogens with zero attached hydrogens (tertiary/aromatic N) is 4. The van der Waals surface area contributed by atoms with Gasteiger partial charge in [0.05, 0.1) is 12.1 Å². The molecule has 0 spiro atoms. The summed E-state index contributed by atoms with van der Waals surface area (Å²) in [6.07, 6.45) is -1.13. The fraction of sp³-hybridized carbons (Fsp3) is 0.0526. The van der Waals surface area contributed by atoms with Gasteiger partial charge < -0.3 is 21.9 Å². The lowest BCUT2D eigenvalue weighted by Gasteiger charge is -2.08. The number of amides is 1. The van der Waals surface area contributed by atoms with Gasteiger partial charge in [-0.25, -0.2) is 23.5 Å². The fourth-order valence-electron chi connectivity index (χ4n) is 3.02. The maximum atomic E-state index is 14.1. The number of benzene rings is 2. The summed E-state index contributed by atoms with van der Waals surface area (Å²) in [5, 5.41) is 4.79. The highest BCUT2D eigenvalue weighted by Gasteiger charge is 2.20. The Morgan fingerprint density at radius 3 is 2.43 bits per heavy atom. The number of primary amides is 1. The number of carbonyl (C=O) groups excluding carboxylic acids is 1. The van der Waals surface area contributed by atoms with Crippen molar-refractivity contribution in [2.24, 2.45) is 5.73 Å². The van der Waals surface area contributed by atoms with Crippen molar-refractivity contribution in [2.75, 3.05) is 11.5 Å². The molecule has 9 nitrogen and oxygen atoms in total. The summed E-state index contributed by atoms with van der Waals surface area (Å²) >= 11 is 0. The number of halogens is 2. The number of hydrogen-bond donors (Lipinski definition) is 3. The van der Waals surface area contributed by atoms with E-state index >= 15 is 0 Å². The number of fused-ring (bicyclic) bond motifs is 1. The zero-order chi connectivity index (χ0) is 21.4. The average Bonchev–Trinajstić information content (AvgIpc) is 3.03. The molecule has 4 aromatic rings. The molecule has 30 heavy (non-hydrogen) atoms. The summed E-state index contributed by atoms with van der Waals surface area (Å²) in [5.74, 6) is -1.71. The Bertz CT molecular complexity index is 1270. The third-order valence-corrected chi connectivity index (χ3v) is 4.32. The molecule has 6 N–H and O–H groups in total. The van der Waals surface area contributed by atoms with E-state index in [0.29, 0.717) is 16.5 Å². The summed E-state index contributed by atoms with van der Waals surface area (Å²) in [7, 11) is 0. The molecule has 2 aromatic heterocycles. The van der Waals surface area contributed by atoms with Crippen LogP contribution in [-0.4, -0.2) is 25.8 Å². The normalized spacial score (nSPS) is 11.0. The smallest absolute Gasteiger partial charge is 0.403 e. The summed E-state index contributed by atoms with van der Waals surface area (Å²) in [6, 6.07) is 10.3. The molecule has 0 fully saturated rings. The number of hydrogen-bond acceptors (Lipinski definition) is 7. The van der Waals surface area contributed by atoms with Crippen LogP contribution in [0.3, 0.4) is 0 Å². The van der Waals surface area contributed by atoms with Gasteiger partial charge in [0.1, 0.15) is 17.3 Å². The molecule has 0 radical (unpaired) electrons. The first kappa shape index (κ1) is 19.1. The zero-order valence-electron chi connectivity index (χ0n) is 15.3. The van der Waals surface area contributed by atoms with Crippen molar-refractivity contribution in [2.45, 2.75) is 6.54 Å². The third kappa shape index (κ3) is 3.43. The molecule has 0 atom stereocenters. The molecule has 0 saturated carbocycles. The van der Waals surface area contributed by atoms with E-state index < -0.39 is 17.7 Å². The number of rotatable bonds is 4. The minimum Gasteiger partial charge on any atom is -0.403 e. The first-order valence-electron chi connectivity index (χ1n) is 8.63. The SMILES string of the molecule is NC(=O)Oc1c(N)nc(-c2nn(Cc3ccccc3F)c3ccc(F)cc23)nc1N. The van der Waals surface area contributed by atoms with Gasteiger partial charge in [0.25, 0.3) is 0 Å². The first-order valence-corrected chi connectivity index (χ1v) is 8.63. The molecule has 4 rings (SSSR count). The van der Waals surface area contributed by atoms with Crippen molar-refractivity contribution in [3.05, 3.63) is 59.7 Å². The van der Waals surface area contributed by atoms with Gasteiger partial charge in [-0.1, -0.05) is 18.2 Å². The third-order valence-electron chi connectivity index (χ3n) is 4.32. The summed E-state index contributed by atoms with van der Waals surface area (Å²) in [6.45, 7) is 0.0860. The van der Waals surface area contributed by atoms with E-state index in [4.69, 9.17) is 21.9 Å². The van der Waals surface area contributed by atoms with Crippen LogP contribution in [0, 0.1) is 11.6 Å². The molecule has 0 aliphatic heterocycles. The number of nitrogen functional groups attached to an aromatic ring is 2. The number of nitrogens with two attached hydrogens (primary N) is 3. The van der Waals surface area contributed by atoms with Crippen LogP contribution in [0.1, 0.15) is 5.56 Å². The highest BCUT2D eigenvalue weighted by atomic mass is 19.1. The molecule has 0 unspecified atom stereocenters. The second kappa shape index (κ2) is 7.28. The van der Waals surface area contributed by atoms with Crippen molar-refractivity contribution >= 4 is 28.6 Å². The Hall–Kier alpha value is -4.28. The van der Waals surface area contributed by atoms with Crippen molar-refractivity contribution in [3.8, 4) is 17.3 Å². The van der Waals surface area contributed by atoms with E-state index in [0.717, 1.165) is 0 Å². The largest absolute Gasteiger partial charge is 0.410 e. The molecule has 0 aliphatic rings. The Balaban J connectivity index is 1.87. The Morgan fingerprint density at radius 2 is 1.77 bits per heavy atom. The van der Waals surface area contributed by atoms with Crippen molar-refractivity contribution in [1.29, 1.82) is 0 Å². The van der Waals surface area contributed by atoms with Crippen molar-refractivity contribution in [1.82, 2.24) is 19.7 Å². The maximum absolute atomic E-state index is 14.1. The number of aromatic nitrogens is 4. The molecule has 0 bridgehead atoms. The lowest BCUT2D eigenvalue weighted by Crippen LogP contribution is -2.19. The maximum Gasteiger partial charge on any atom is 0.410 e. The van der Waals surface area contributed by atoms with E-state index in [9.17, 15) is 13.6 Å². The van der Waals surface area contributed by atoms with Crippen molar-refractivity contribution < 1.29 is 18.3 Å². The van der Waals surface area contributed by atoms with E-state index in [1.807, 2.05) is 0 Å². The average molecular weight is 411 g/mol. The molecule has 0 aliphatic carbocycles. The lowest BCUT2D eigenvalue weighted by atomic mass is 10.2. The van der Waals surface area contributed by atoms with E-state index in [1.54, 1.807) is 18.2 Å². The van der Waals surface area contributed by atoms with Crippen LogP contribution in [0.5, 0.6) is 5.75 Å². The quantitative estimate of drug-likeness (QED) is 0.467. The van der Waals surface area contributed by atoms with Gasteiger partial charge in [-0.15, -0.1) is 0 Å². The van der Waals surface area contributed by atoms with Crippen LogP contribution in [0.15, 0.2) is 42.5 Å². The van der Waals surface area contributed by atoms with Crippen LogP contribution in [0.4, 0.5) is 25.2 Å². The highest BCUT2D eigenvalue weighted by molar-refractivity contribution is 5.92. The standard InChI is InChI=1S/C19H15F2N7O2/c20-10-5-6-13-11(7-10)14(27-28(13)8-9-3-1-2-4-12(9)21)18-25-16(22)15(17(23)26-18)30-19(24)29/h1-7H,8H2,(H2,24,29)(H4,22,23,25,26). The Kier molecular flexibility index (Phi) is 4.62. The number of carbonyl (C=O) groups is 1. The van der Waals surface area contributed by atoms with E-state index in [-0.39, 0.29) is 35.4 Å². The van der Waals surface area contributed by atoms with E-state index in [1.165, 1.54) is 28.9 Å². The van der Waals surface area contributed by atoms with Gasteiger partial charge in [0, 0.05) is 10.9 Å². The summed E-state index contributed by atoms with van der Waals surface area (Å²) in [4.78, 5) is 19.1. The predicted octanol–water partition coefficient (Wildman–Crippen LogP) is 2.44. The molecule has 11 heteroatoms. The minimum atomic E-state index is -1.13. The summed E-state index contributed by atoms with van der Waals surface area (Å²) < 4.78 is 34.3. The minimum absolute atomic E-state index is 0.0234. The van der Waals surface area contributed by atoms with Crippen LogP contribution in [0.25, 0.3) is 22.4 Å². The molecule has 152 valence electrons. The molecule has 2 aromatic carbocycles. The van der Waals surface area contributed by atoms with E-state index in [2.05, 4.69) is 15.1 Å². The Morgan fingerprint density at radius 1 is 1.07 bits per heavy atom. The molecule has 0 saturated heterocycles. The lowest BCUT2D eigenvalue weighted by molar-refractivity contribution is 0.211. The second-order valence-electron chi connectivity index (χ2n) is 6.33. The van der Waals surface area contributed by atoms with Crippen LogP contribution < -0.4 is 21.9 Å². The monoisotopic (exact) mass is 411 g/mol. The highest BCUT2D eigenvalue weighted by Crippen LogP contribution is 2.32. The molecular formula is C19H15F2N7O2. The second-order valence-corrected chi connectivity index (χ2v) is 6.33.